The number of carbonyl (C=O) groups is 1. The van der Waals surface area contributed by atoms with Gasteiger partial charge in [0.1, 0.15) is 11.6 Å². The fourth-order valence-electron chi connectivity index (χ4n) is 2.01. The molecule has 0 aliphatic heterocycles. The van der Waals surface area contributed by atoms with Crippen molar-refractivity contribution in [2.24, 2.45) is 0 Å². The van der Waals surface area contributed by atoms with E-state index < -0.39 is 5.91 Å². The summed E-state index contributed by atoms with van der Waals surface area (Å²) >= 11 is 17.9. The van der Waals surface area contributed by atoms with Crippen LogP contribution in [0.3, 0.4) is 0 Å². The van der Waals surface area contributed by atoms with E-state index in [1.807, 2.05) is 30.3 Å². The van der Waals surface area contributed by atoms with Gasteiger partial charge in [0.05, 0.1) is 10.7 Å². The predicted molar refractivity (Wildman–Crippen MR) is 102 cm³/mol. The van der Waals surface area contributed by atoms with Crippen molar-refractivity contribution < 1.29 is 4.79 Å². The molecule has 25 heavy (non-hydrogen) atoms. The number of amides is 1. The van der Waals surface area contributed by atoms with Gasteiger partial charge in [-0.2, -0.15) is 5.26 Å². The second kappa shape index (κ2) is 9.33. The van der Waals surface area contributed by atoms with Crippen LogP contribution in [0.2, 0.25) is 15.1 Å². The average Bonchev–Trinajstić information content (AvgIpc) is 2.59. The molecule has 0 aliphatic carbocycles. The largest absolute Gasteiger partial charge is 0.389 e. The van der Waals surface area contributed by atoms with Crippen LogP contribution in [0.1, 0.15) is 5.56 Å². The molecule has 0 atom stereocenters. The molecule has 2 aromatic rings. The Bertz CT molecular complexity index is 844. The highest BCUT2D eigenvalue weighted by atomic mass is 35.5. The van der Waals surface area contributed by atoms with E-state index in [4.69, 9.17) is 40.1 Å². The van der Waals surface area contributed by atoms with Crippen LogP contribution in [-0.2, 0) is 11.2 Å². The number of anilines is 1. The summed E-state index contributed by atoms with van der Waals surface area (Å²) in [7, 11) is 0. The Morgan fingerprint density at radius 3 is 2.56 bits per heavy atom. The van der Waals surface area contributed by atoms with Crippen molar-refractivity contribution in [1.29, 1.82) is 5.26 Å². The van der Waals surface area contributed by atoms with Crippen LogP contribution >= 0.6 is 34.8 Å². The van der Waals surface area contributed by atoms with Gasteiger partial charge in [0.15, 0.2) is 0 Å². The van der Waals surface area contributed by atoms with E-state index in [9.17, 15) is 4.79 Å². The first-order valence-electron chi connectivity index (χ1n) is 7.34. The lowest BCUT2D eigenvalue weighted by atomic mass is 10.1. The van der Waals surface area contributed by atoms with E-state index in [2.05, 4.69) is 10.6 Å². The number of rotatable bonds is 6. The van der Waals surface area contributed by atoms with E-state index in [-0.39, 0.29) is 5.57 Å². The van der Waals surface area contributed by atoms with Crippen LogP contribution in [0, 0.1) is 11.3 Å². The summed E-state index contributed by atoms with van der Waals surface area (Å²) in [4.78, 5) is 12.1. The first-order valence-corrected chi connectivity index (χ1v) is 8.48. The minimum atomic E-state index is -0.558. The SMILES string of the molecule is N#C/C(=C/NCCc1ccccc1Cl)C(=O)Nc1ccc(Cl)cc1Cl. The van der Waals surface area contributed by atoms with Crippen molar-refractivity contribution >= 4 is 46.4 Å². The predicted octanol–water partition coefficient (Wildman–Crippen LogP) is 4.83. The zero-order valence-corrected chi connectivity index (χ0v) is 15.3. The van der Waals surface area contributed by atoms with Gasteiger partial charge < -0.3 is 10.6 Å². The minimum Gasteiger partial charge on any atom is -0.389 e. The van der Waals surface area contributed by atoms with Crippen LogP contribution in [-0.4, -0.2) is 12.5 Å². The highest BCUT2D eigenvalue weighted by Crippen LogP contribution is 2.25. The number of halogens is 3. The molecule has 2 N–H and O–H groups in total. The topological polar surface area (TPSA) is 64.9 Å². The smallest absolute Gasteiger partial charge is 0.267 e. The molecule has 0 fully saturated rings. The lowest BCUT2D eigenvalue weighted by Gasteiger charge is -2.07. The molecule has 2 aromatic carbocycles. The van der Waals surface area contributed by atoms with E-state index >= 15 is 0 Å². The number of nitrogens with zero attached hydrogens (tertiary/aromatic N) is 1. The maximum Gasteiger partial charge on any atom is 0.267 e. The van der Waals surface area contributed by atoms with Crippen molar-refractivity contribution in [2.45, 2.75) is 6.42 Å². The summed E-state index contributed by atoms with van der Waals surface area (Å²) in [5.74, 6) is -0.558. The molecule has 0 heterocycles. The molecule has 0 saturated carbocycles. The molecule has 7 heteroatoms. The number of nitrogens with one attached hydrogen (secondary N) is 2. The molecule has 1 amide bonds. The molecular weight excluding hydrogens is 381 g/mol. The maximum absolute atomic E-state index is 12.1. The van der Waals surface area contributed by atoms with Crippen molar-refractivity contribution in [3.63, 3.8) is 0 Å². The molecule has 4 nitrogen and oxygen atoms in total. The van der Waals surface area contributed by atoms with Gasteiger partial charge >= 0.3 is 0 Å². The number of hydrogen-bond acceptors (Lipinski definition) is 3. The van der Waals surface area contributed by atoms with E-state index in [1.165, 1.54) is 12.3 Å². The number of hydrogen-bond donors (Lipinski definition) is 2. The third-order valence-electron chi connectivity index (χ3n) is 3.29. The Morgan fingerprint density at radius 1 is 1.12 bits per heavy atom. The molecule has 0 unspecified atom stereocenters. The van der Waals surface area contributed by atoms with Crippen LogP contribution in [0.15, 0.2) is 54.2 Å². The number of nitriles is 1. The monoisotopic (exact) mass is 393 g/mol. The standard InChI is InChI=1S/C18H14Cl3N3O/c19-14-5-6-17(16(21)9-14)24-18(25)13(10-22)11-23-8-7-12-3-1-2-4-15(12)20/h1-6,9,11,23H,7-8H2,(H,24,25)/b13-11-. The van der Waals surface area contributed by atoms with E-state index in [0.29, 0.717) is 33.7 Å². The third-order valence-corrected chi connectivity index (χ3v) is 4.20. The van der Waals surface area contributed by atoms with Gasteiger partial charge in [0.2, 0.25) is 0 Å². The van der Waals surface area contributed by atoms with E-state index in [0.717, 1.165) is 5.56 Å². The highest BCUT2D eigenvalue weighted by Gasteiger charge is 2.11. The molecule has 128 valence electrons. The summed E-state index contributed by atoms with van der Waals surface area (Å²) in [5, 5.41) is 16.1. The molecule has 0 spiro atoms. The summed E-state index contributed by atoms with van der Waals surface area (Å²) in [6.07, 6.45) is 2.04. The zero-order chi connectivity index (χ0) is 18.2. The summed E-state index contributed by atoms with van der Waals surface area (Å²) in [6, 6.07) is 14.0. The fourth-order valence-corrected chi connectivity index (χ4v) is 2.70. The normalized spacial score (nSPS) is 10.9. The number of carbonyl (C=O) groups excluding carboxylic acids is 1. The molecule has 0 bridgehead atoms. The molecule has 2 rings (SSSR count). The average molecular weight is 395 g/mol. The Balaban J connectivity index is 1.94. The first kappa shape index (κ1) is 19.1. The first-order chi connectivity index (χ1) is 12.0. The second-order valence-electron chi connectivity index (χ2n) is 5.04. The van der Waals surface area contributed by atoms with Gasteiger partial charge in [-0.1, -0.05) is 53.0 Å². The van der Waals surface area contributed by atoms with Crippen LogP contribution < -0.4 is 10.6 Å². The van der Waals surface area contributed by atoms with Gasteiger partial charge in [-0.05, 0) is 36.2 Å². The molecule has 0 aromatic heterocycles. The van der Waals surface area contributed by atoms with Crippen LogP contribution in [0.25, 0.3) is 0 Å². The molecular formula is C18H14Cl3N3O. The van der Waals surface area contributed by atoms with Crippen molar-refractivity contribution in [2.75, 3.05) is 11.9 Å². The van der Waals surface area contributed by atoms with Gasteiger partial charge in [-0.25, -0.2) is 0 Å². The van der Waals surface area contributed by atoms with Gasteiger partial charge in [-0.15, -0.1) is 0 Å². The Hall–Kier alpha value is -2.19. The minimum absolute atomic E-state index is 0.0647. The second-order valence-corrected chi connectivity index (χ2v) is 6.29. The van der Waals surface area contributed by atoms with Gasteiger partial charge in [-0.3, -0.25) is 4.79 Å². The van der Waals surface area contributed by atoms with Gasteiger partial charge in [0.25, 0.3) is 5.91 Å². The van der Waals surface area contributed by atoms with Crippen LogP contribution in [0.4, 0.5) is 5.69 Å². The zero-order valence-electron chi connectivity index (χ0n) is 13.0. The summed E-state index contributed by atoms with van der Waals surface area (Å²) in [6.45, 7) is 0.532. The molecule has 0 aliphatic rings. The fraction of sp³-hybridized carbons (Fsp3) is 0.111. The lowest BCUT2D eigenvalue weighted by molar-refractivity contribution is -0.112. The van der Waals surface area contributed by atoms with Crippen molar-refractivity contribution in [3.05, 3.63) is 74.9 Å². The molecule has 0 saturated heterocycles. The van der Waals surface area contributed by atoms with Crippen molar-refractivity contribution in [1.82, 2.24) is 5.32 Å². The number of benzene rings is 2. The quantitative estimate of drug-likeness (QED) is 0.419. The van der Waals surface area contributed by atoms with Crippen LogP contribution in [0.5, 0.6) is 0 Å². The maximum atomic E-state index is 12.1. The Kier molecular flexibility index (Phi) is 7.15. The Labute approximate surface area is 161 Å². The lowest BCUT2D eigenvalue weighted by Crippen LogP contribution is -2.18. The summed E-state index contributed by atoms with van der Waals surface area (Å²) in [5.41, 5.74) is 1.31. The van der Waals surface area contributed by atoms with E-state index in [1.54, 1.807) is 12.1 Å². The highest BCUT2D eigenvalue weighted by molar-refractivity contribution is 6.36. The summed E-state index contributed by atoms with van der Waals surface area (Å²) < 4.78 is 0. The molecule has 0 radical (unpaired) electrons. The third kappa shape index (κ3) is 5.68. The van der Waals surface area contributed by atoms with Crippen molar-refractivity contribution in [3.8, 4) is 6.07 Å². The Morgan fingerprint density at radius 2 is 1.88 bits per heavy atom. The van der Waals surface area contributed by atoms with Gasteiger partial charge in [0, 0.05) is 22.8 Å².